The summed E-state index contributed by atoms with van der Waals surface area (Å²) in [6.07, 6.45) is 10.7. The first-order valence-corrected chi connectivity index (χ1v) is 7.15. The molecule has 1 heterocycles. The van der Waals surface area contributed by atoms with Crippen LogP contribution in [0.3, 0.4) is 0 Å². The third-order valence-electron chi connectivity index (χ3n) is 4.88. The molecule has 2 aliphatic rings. The first-order chi connectivity index (χ1) is 8.78. The summed E-state index contributed by atoms with van der Waals surface area (Å²) >= 11 is 0. The Hall–Kier alpha value is -1.03. The van der Waals surface area contributed by atoms with E-state index in [-0.39, 0.29) is 0 Å². The summed E-state index contributed by atoms with van der Waals surface area (Å²) in [5.41, 5.74) is 0.392. The number of aromatic nitrogens is 2. The van der Waals surface area contributed by atoms with Crippen LogP contribution in [-0.4, -0.2) is 29.0 Å². The van der Waals surface area contributed by atoms with Crippen molar-refractivity contribution in [2.24, 2.45) is 5.41 Å². The Balaban J connectivity index is 1.70. The van der Waals surface area contributed by atoms with Crippen LogP contribution in [0.1, 0.15) is 39.0 Å². The molecule has 2 atom stereocenters. The number of rotatable bonds is 4. The molecular weight excluding hydrogens is 226 g/mol. The van der Waals surface area contributed by atoms with Crippen molar-refractivity contribution >= 4 is 0 Å². The topological polar surface area (TPSA) is 39.1 Å². The van der Waals surface area contributed by atoms with Gasteiger partial charge in [0.25, 0.3) is 0 Å². The summed E-state index contributed by atoms with van der Waals surface area (Å²) in [6.45, 7) is 2.99. The van der Waals surface area contributed by atoms with E-state index in [1.54, 1.807) is 0 Å². The van der Waals surface area contributed by atoms with Crippen LogP contribution in [0.4, 0.5) is 0 Å². The standard InChI is InChI=1S/C14H23N3O/c1-3-17-10-11(9-16-17)18-13-8-12(15-2)14(13)6-4-5-7-14/h9-10,12-13,15H,3-8H2,1-2H3. The summed E-state index contributed by atoms with van der Waals surface area (Å²) in [4.78, 5) is 0. The SMILES string of the molecule is CCn1cc(OC2CC(NC)C23CCCC3)cn1. The Kier molecular flexibility index (Phi) is 3.06. The maximum atomic E-state index is 6.18. The highest BCUT2D eigenvalue weighted by Crippen LogP contribution is 2.54. The molecule has 0 saturated heterocycles. The highest BCUT2D eigenvalue weighted by atomic mass is 16.5. The lowest BCUT2D eigenvalue weighted by Crippen LogP contribution is -2.63. The smallest absolute Gasteiger partial charge is 0.157 e. The molecule has 18 heavy (non-hydrogen) atoms. The van der Waals surface area contributed by atoms with Crippen molar-refractivity contribution in [3.05, 3.63) is 12.4 Å². The normalized spacial score (nSPS) is 29.4. The van der Waals surface area contributed by atoms with E-state index in [2.05, 4.69) is 24.4 Å². The van der Waals surface area contributed by atoms with Gasteiger partial charge in [-0.3, -0.25) is 4.68 Å². The van der Waals surface area contributed by atoms with E-state index < -0.39 is 0 Å². The van der Waals surface area contributed by atoms with Crippen molar-refractivity contribution in [3.8, 4) is 5.75 Å². The van der Waals surface area contributed by atoms with Gasteiger partial charge < -0.3 is 10.1 Å². The second-order valence-electron chi connectivity index (χ2n) is 5.66. The Morgan fingerprint density at radius 3 is 2.89 bits per heavy atom. The minimum atomic E-state index is 0.381. The van der Waals surface area contributed by atoms with Gasteiger partial charge in [-0.2, -0.15) is 5.10 Å². The van der Waals surface area contributed by atoms with Crippen LogP contribution >= 0.6 is 0 Å². The molecule has 0 aromatic carbocycles. The van der Waals surface area contributed by atoms with Gasteiger partial charge in [0, 0.05) is 24.4 Å². The average molecular weight is 249 g/mol. The quantitative estimate of drug-likeness (QED) is 0.889. The van der Waals surface area contributed by atoms with Crippen LogP contribution < -0.4 is 10.1 Å². The van der Waals surface area contributed by atoms with Gasteiger partial charge in [-0.15, -0.1) is 0 Å². The lowest BCUT2D eigenvalue weighted by atomic mass is 9.60. The van der Waals surface area contributed by atoms with Gasteiger partial charge in [-0.1, -0.05) is 12.8 Å². The predicted molar refractivity (Wildman–Crippen MR) is 70.7 cm³/mol. The average Bonchev–Trinajstić information content (AvgIpc) is 3.03. The number of hydrogen-bond acceptors (Lipinski definition) is 3. The molecule has 1 N–H and O–H groups in total. The second kappa shape index (κ2) is 4.57. The van der Waals surface area contributed by atoms with E-state index >= 15 is 0 Å². The fourth-order valence-electron chi connectivity index (χ4n) is 3.76. The van der Waals surface area contributed by atoms with E-state index in [0.717, 1.165) is 18.7 Å². The molecule has 2 saturated carbocycles. The molecule has 2 fully saturated rings. The Morgan fingerprint density at radius 2 is 2.28 bits per heavy atom. The molecule has 3 rings (SSSR count). The minimum Gasteiger partial charge on any atom is -0.486 e. The number of ether oxygens (including phenoxy) is 1. The van der Waals surface area contributed by atoms with Crippen molar-refractivity contribution in [2.45, 2.75) is 57.7 Å². The third-order valence-corrected chi connectivity index (χ3v) is 4.88. The number of nitrogens with one attached hydrogen (secondary N) is 1. The maximum absolute atomic E-state index is 6.18. The highest BCUT2D eigenvalue weighted by molar-refractivity contribution is 5.17. The molecular formula is C14H23N3O. The molecule has 1 aromatic heterocycles. The van der Waals surface area contributed by atoms with Crippen molar-refractivity contribution in [1.82, 2.24) is 15.1 Å². The molecule has 2 unspecified atom stereocenters. The van der Waals surface area contributed by atoms with Crippen LogP contribution in [0, 0.1) is 5.41 Å². The summed E-state index contributed by atoms with van der Waals surface area (Å²) in [5.74, 6) is 0.933. The lowest BCUT2D eigenvalue weighted by molar-refractivity contribution is -0.0736. The van der Waals surface area contributed by atoms with Crippen molar-refractivity contribution in [1.29, 1.82) is 0 Å². The first-order valence-electron chi connectivity index (χ1n) is 7.15. The van der Waals surface area contributed by atoms with Crippen molar-refractivity contribution in [2.75, 3.05) is 7.05 Å². The Morgan fingerprint density at radius 1 is 1.50 bits per heavy atom. The van der Waals surface area contributed by atoms with Gasteiger partial charge in [0.05, 0.1) is 12.4 Å². The maximum Gasteiger partial charge on any atom is 0.157 e. The molecule has 0 amide bonds. The van der Waals surface area contributed by atoms with Gasteiger partial charge in [-0.25, -0.2) is 0 Å². The zero-order valence-corrected chi connectivity index (χ0v) is 11.4. The van der Waals surface area contributed by atoms with E-state index in [1.165, 1.54) is 25.7 Å². The largest absolute Gasteiger partial charge is 0.486 e. The monoisotopic (exact) mass is 249 g/mol. The zero-order valence-electron chi connectivity index (χ0n) is 11.4. The third kappa shape index (κ3) is 1.74. The van der Waals surface area contributed by atoms with Crippen molar-refractivity contribution in [3.63, 3.8) is 0 Å². The summed E-state index contributed by atoms with van der Waals surface area (Å²) in [7, 11) is 2.08. The number of aryl methyl sites for hydroxylation is 1. The first kappa shape index (κ1) is 12.0. The molecule has 0 bridgehead atoms. The van der Waals surface area contributed by atoms with Gasteiger partial charge in [0.1, 0.15) is 6.10 Å². The Bertz CT molecular complexity index is 409. The van der Waals surface area contributed by atoms with Crippen LogP contribution in [-0.2, 0) is 6.54 Å². The van der Waals surface area contributed by atoms with E-state index in [4.69, 9.17) is 4.74 Å². The summed E-state index contributed by atoms with van der Waals surface area (Å²) in [5, 5.41) is 7.74. The molecule has 0 radical (unpaired) electrons. The van der Waals surface area contributed by atoms with Gasteiger partial charge >= 0.3 is 0 Å². The Labute approximate surface area is 109 Å². The van der Waals surface area contributed by atoms with E-state index in [9.17, 15) is 0 Å². The van der Waals surface area contributed by atoms with Crippen molar-refractivity contribution < 1.29 is 4.74 Å². The fraction of sp³-hybridized carbons (Fsp3) is 0.786. The lowest BCUT2D eigenvalue weighted by Gasteiger charge is -2.53. The molecule has 4 nitrogen and oxygen atoms in total. The molecule has 2 aliphatic carbocycles. The minimum absolute atomic E-state index is 0.381. The summed E-state index contributed by atoms with van der Waals surface area (Å²) in [6, 6.07) is 0.645. The predicted octanol–water partition coefficient (Wildman–Crippen LogP) is 2.20. The van der Waals surface area contributed by atoms with Gasteiger partial charge in [0.15, 0.2) is 5.75 Å². The van der Waals surface area contributed by atoms with E-state index in [0.29, 0.717) is 17.6 Å². The van der Waals surface area contributed by atoms with Crippen LogP contribution in [0.15, 0.2) is 12.4 Å². The molecule has 0 aliphatic heterocycles. The fourth-order valence-corrected chi connectivity index (χ4v) is 3.76. The molecule has 1 aromatic rings. The zero-order chi connectivity index (χ0) is 12.6. The summed E-state index contributed by atoms with van der Waals surface area (Å²) < 4.78 is 8.10. The molecule has 100 valence electrons. The van der Waals surface area contributed by atoms with Gasteiger partial charge in [0.2, 0.25) is 0 Å². The van der Waals surface area contributed by atoms with E-state index in [1.807, 2.05) is 17.1 Å². The molecule has 4 heteroatoms. The molecule has 1 spiro atoms. The second-order valence-corrected chi connectivity index (χ2v) is 5.66. The van der Waals surface area contributed by atoms with Gasteiger partial charge in [-0.05, 0) is 26.8 Å². The number of nitrogens with zero attached hydrogens (tertiary/aromatic N) is 2. The highest BCUT2D eigenvalue weighted by Gasteiger charge is 2.57. The van der Waals surface area contributed by atoms with Crippen LogP contribution in [0.25, 0.3) is 0 Å². The van der Waals surface area contributed by atoms with Crippen LogP contribution in [0.2, 0.25) is 0 Å². The number of hydrogen-bond donors (Lipinski definition) is 1. The van der Waals surface area contributed by atoms with Crippen LogP contribution in [0.5, 0.6) is 5.75 Å².